The molecule has 1 unspecified atom stereocenters. The molecule has 0 aromatic heterocycles. The largest absolute Gasteiger partial charge is 0.351 e. The number of halogens is 1. The van der Waals surface area contributed by atoms with Crippen molar-refractivity contribution in [3.63, 3.8) is 0 Å². The number of hydrogen-bond acceptors (Lipinski definition) is 1. The molecule has 0 fully saturated rings. The van der Waals surface area contributed by atoms with Crippen LogP contribution in [0.2, 0.25) is 0 Å². The number of benzene rings is 2. The van der Waals surface area contributed by atoms with Gasteiger partial charge in [0, 0.05) is 12.1 Å². The van der Waals surface area contributed by atoms with Crippen LogP contribution in [0.3, 0.4) is 0 Å². The Kier molecular flexibility index (Phi) is 4.96. The van der Waals surface area contributed by atoms with Gasteiger partial charge in [-0.3, -0.25) is 4.79 Å². The molecular formula is C17H18BrNO. The second-order valence-electron chi connectivity index (χ2n) is 4.84. The predicted octanol–water partition coefficient (Wildman–Crippen LogP) is 4.17. The highest BCUT2D eigenvalue weighted by Gasteiger charge is 2.12. The second-order valence-corrected chi connectivity index (χ2v) is 5.94. The molecule has 0 bridgehead atoms. The monoisotopic (exact) mass is 331 g/mol. The van der Waals surface area contributed by atoms with Crippen molar-refractivity contribution < 1.29 is 4.79 Å². The number of nitrogens with one attached hydrogen (secondary N) is 1. The molecule has 20 heavy (non-hydrogen) atoms. The summed E-state index contributed by atoms with van der Waals surface area (Å²) in [6, 6.07) is 15.9. The molecule has 0 aliphatic carbocycles. The van der Waals surface area contributed by atoms with E-state index in [0.29, 0.717) is 6.54 Å². The SMILES string of the molecule is Cc1cccc(C(=O)NCC(Br)c2ccccc2)c1C. The molecular weight excluding hydrogens is 314 g/mol. The lowest BCUT2D eigenvalue weighted by atomic mass is 10.0. The van der Waals surface area contributed by atoms with Crippen molar-refractivity contribution in [3.8, 4) is 0 Å². The van der Waals surface area contributed by atoms with Crippen LogP contribution in [0.5, 0.6) is 0 Å². The topological polar surface area (TPSA) is 29.1 Å². The van der Waals surface area contributed by atoms with Crippen molar-refractivity contribution in [1.29, 1.82) is 0 Å². The van der Waals surface area contributed by atoms with Gasteiger partial charge in [-0.05, 0) is 36.6 Å². The molecule has 2 rings (SSSR count). The van der Waals surface area contributed by atoms with Crippen LogP contribution in [-0.2, 0) is 0 Å². The van der Waals surface area contributed by atoms with Gasteiger partial charge in [0.1, 0.15) is 0 Å². The summed E-state index contributed by atoms with van der Waals surface area (Å²) in [6.45, 7) is 4.56. The molecule has 3 heteroatoms. The van der Waals surface area contributed by atoms with E-state index in [-0.39, 0.29) is 10.7 Å². The Balaban J connectivity index is 2.01. The van der Waals surface area contributed by atoms with E-state index < -0.39 is 0 Å². The standard InChI is InChI=1S/C17H18BrNO/c1-12-7-6-10-15(13(12)2)17(20)19-11-16(18)14-8-4-3-5-9-14/h3-10,16H,11H2,1-2H3,(H,19,20). The van der Waals surface area contributed by atoms with Crippen LogP contribution in [0.4, 0.5) is 0 Å². The molecule has 0 aliphatic heterocycles. The molecule has 0 radical (unpaired) electrons. The van der Waals surface area contributed by atoms with E-state index >= 15 is 0 Å². The Morgan fingerprint density at radius 3 is 2.50 bits per heavy atom. The van der Waals surface area contributed by atoms with Crippen molar-refractivity contribution in [1.82, 2.24) is 5.32 Å². The zero-order valence-corrected chi connectivity index (χ0v) is 13.3. The maximum atomic E-state index is 12.2. The Morgan fingerprint density at radius 2 is 1.80 bits per heavy atom. The van der Waals surface area contributed by atoms with Crippen LogP contribution in [0, 0.1) is 13.8 Å². The van der Waals surface area contributed by atoms with Crippen LogP contribution in [0.25, 0.3) is 0 Å². The average molecular weight is 332 g/mol. The summed E-state index contributed by atoms with van der Waals surface area (Å²) in [4.78, 5) is 12.3. The highest BCUT2D eigenvalue weighted by molar-refractivity contribution is 9.09. The van der Waals surface area contributed by atoms with Gasteiger partial charge >= 0.3 is 0 Å². The van der Waals surface area contributed by atoms with E-state index in [2.05, 4.69) is 21.2 Å². The number of rotatable bonds is 4. The number of carbonyl (C=O) groups is 1. The summed E-state index contributed by atoms with van der Waals surface area (Å²) in [5.74, 6) is -0.0217. The second kappa shape index (κ2) is 6.71. The van der Waals surface area contributed by atoms with Crippen molar-refractivity contribution in [2.75, 3.05) is 6.54 Å². The Morgan fingerprint density at radius 1 is 1.10 bits per heavy atom. The normalized spacial score (nSPS) is 11.9. The van der Waals surface area contributed by atoms with Crippen molar-refractivity contribution in [3.05, 3.63) is 70.8 Å². The lowest BCUT2D eigenvalue weighted by molar-refractivity contribution is 0.0953. The third kappa shape index (κ3) is 3.48. The van der Waals surface area contributed by atoms with E-state index in [1.807, 2.05) is 62.4 Å². The van der Waals surface area contributed by atoms with Gasteiger partial charge in [0.15, 0.2) is 0 Å². The molecule has 2 nitrogen and oxygen atoms in total. The van der Waals surface area contributed by atoms with Crippen LogP contribution >= 0.6 is 15.9 Å². The predicted molar refractivity (Wildman–Crippen MR) is 86.4 cm³/mol. The minimum atomic E-state index is -0.0217. The Hall–Kier alpha value is -1.61. The van der Waals surface area contributed by atoms with Gasteiger partial charge in [0.05, 0.1) is 4.83 Å². The first-order valence-electron chi connectivity index (χ1n) is 6.63. The van der Waals surface area contributed by atoms with Crippen molar-refractivity contribution in [2.24, 2.45) is 0 Å². The molecule has 0 saturated carbocycles. The van der Waals surface area contributed by atoms with Gasteiger partial charge in [-0.15, -0.1) is 0 Å². The smallest absolute Gasteiger partial charge is 0.251 e. The average Bonchev–Trinajstić information content (AvgIpc) is 2.48. The molecule has 2 aromatic rings. The molecule has 104 valence electrons. The Labute approximate surface area is 128 Å². The minimum absolute atomic E-state index is 0.0217. The summed E-state index contributed by atoms with van der Waals surface area (Å²) in [5, 5.41) is 2.98. The van der Waals surface area contributed by atoms with Crippen LogP contribution < -0.4 is 5.32 Å². The van der Waals surface area contributed by atoms with E-state index in [0.717, 1.165) is 22.3 Å². The summed E-state index contributed by atoms with van der Waals surface area (Å²) in [5.41, 5.74) is 4.08. The van der Waals surface area contributed by atoms with Gasteiger partial charge in [-0.1, -0.05) is 58.4 Å². The van der Waals surface area contributed by atoms with Gasteiger partial charge in [0.2, 0.25) is 0 Å². The number of aryl methyl sites for hydroxylation is 1. The maximum absolute atomic E-state index is 12.2. The maximum Gasteiger partial charge on any atom is 0.251 e. The molecule has 0 heterocycles. The number of hydrogen-bond donors (Lipinski definition) is 1. The van der Waals surface area contributed by atoms with Gasteiger partial charge in [-0.2, -0.15) is 0 Å². The minimum Gasteiger partial charge on any atom is -0.351 e. The first kappa shape index (κ1) is 14.8. The summed E-state index contributed by atoms with van der Waals surface area (Å²) < 4.78 is 0. The van der Waals surface area contributed by atoms with Crippen LogP contribution in [-0.4, -0.2) is 12.5 Å². The summed E-state index contributed by atoms with van der Waals surface area (Å²) in [6.07, 6.45) is 0. The first-order valence-corrected chi connectivity index (χ1v) is 7.54. The highest BCUT2D eigenvalue weighted by atomic mass is 79.9. The fourth-order valence-corrected chi connectivity index (χ4v) is 2.52. The highest BCUT2D eigenvalue weighted by Crippen LogP contribution is 2.21. The zero-order chi connectivity index (χ0) is 14.5. The van der Waals surface area contributed by atoms with E-state index in [9.17, 15) is 4.79 Å². The van der Waals surface area contributed by atoms with Gasteiger partial charge < -0.3 is 5.32 Å². The lowest BCUT2D eigenvalue weighted by Crippen LogP contribution is -2.27. The molecule has 1 atom stereocenters. The number of amides is 1. The lowest BCUT2D eigenvalue weighted by Gasteiger charge is -2.13. The van der Waals surface area contributed by atoms with Crippen molar-refractivity contribution >= 4 is 21.8 Å². The third-order valence-electron chi connectivity index (χ3n) is 3.45. The molecule has 0 spiro atoms. The molecule has 0 aliphatic rings. The first-order chi connectivity index (χ1) is 9.59. The van der Waals surface area contributed by atoms with Crippen molar-refractivity contribution in [2.45, 2.75) is 18.7 Å². The molecule has 0 saturated heterocycles. The third-order valence-corrected chi connectivity index (χ3v) is 4.30. The van der Waals surface area contributed by atoms with Crippen LogP contribution in [0.1, 0.15) is 31.9 Å². The molecule has 1 amide bonds. The van der Waals surface area contributed by atoms with Crippen LogP contribution in [0.15, 0.2) is 48.5 Å². The van der Waals surface area contributed by atoms with E-state index in [1.54, 1.807) is 0 Å². The van der Waals surface area contributed by atoms with E-state index in [1.165, 1.54) is 0 Å². The van der Waals surface area contributed by atoms with E-state index in [4.69, 9.17) is 0 Å². The molecule has 1 N–H and O–H groups in total. The summed E-state index contributed by atoms with van der Waals surface area (Å²) in [7, 11) is 0. The van der Waals surface area contributed by atoms with Gasteiger partial charge in [0.25, 0.3) is 5.91 Å². The van der Waals surface area contributed by atoms with Gasteiger partial charge in [-0.25, -0.2) is 0 Å². The quantitative estimate of drug-likeness (QED) is 0.837. The zero-order valence-electron chi connectivity index (χ0n) is 11.7. The number of alkyl halides is 1. The number of carbonyl (C=O) groups excluding carboxylic acids is 1. The fourth-order valence-electron chi connectivity index (χ4n) is 2.05. The Bertz CT molecular complexity index is 595. The molecule has 2 aromatic carbocycles. The fraction of sp³-hybridized carbons (Fsp3) is 0.235. The summed E-state index contributed by atoms with van der Waals surface area (Å²) >= 11 is 3.61.